The first-order valence-electron chi connectivity index (χ1n) is 6.59. The van der Waals surface area contributed by atoms with Gasteiger partial charge in [0, 0.05) is 0 Å². The van der Waals surface area contributed by atoms with E-state index in [1.807, 2.05) is 5.57 Å². The van der Waals surface area contributed by atoms with Crippen LogP contribution in [0.1, 0.15) is 51.9 Å². The molecular weight excluding hydrogens is 168 g/mol. The summed E-state index contributed by atoms with van der Waals surface area (Å²) in [5.41, 5.74) is 1.86. The second kappa shape index (κ2) is 3.40. The molecule has 0 aromatic heterocycles. The highest BCUT2D eigenvalue weighted by Gasteiger charge is 2.49. The fourth-order valence-corrected chi connectivity index (χ4v) is 4.19. The van der Waals surface area contributed by atoms with E-state index in [1.165, 1.54) is 25.7 Å². The molecule has 0 heterocycles. The Balaban J connectivity index is 1.78. The van der Waals surface area contributed by atoms with Gasteiger partial charge in [0.25, 0.3) is 0 Å². The lowest BCUT2D eigenvalue weighted by Crippen LogP contribution is -2.47. The molecule has 2 bridgehead atoms. The monoisotopic (exact) mass is 190 g/mol. The molecule has 4 rings (SSSR count). The van der Waals surface area contributed by atoms with E-state index in [9.17, 15) is 0 Å². The first-order valence-corrected chi connectivity index (χ1v) is 6.59. The quantitative estimate of drug-likeness (QED) is 0.573. The summed E-state index contributed by atoms with van der Waals surface area (Å²) in [7, 11) is 0. The highest BCUT2D eigenvalue weighted by Crippen LogP contribution is 2.59. The van der Waals surface area contributed by atoms with Crippen molar-refractivity contribution < 1.29 is 0 Å². The van der Waals surface area contributed by atoms with E-state index in [0.29, 0.717) is 0 Å². The Labute approximate surface area is 87.8 Å². The molecule has 0 saturated heterocycles. The molecule has 0 aliphatic heterocycles. The van der Waals surface area contributed by atoms with Crippen LogP contribution in [0.25, 0.3) is 0 Å². The predicted molar refractivity (Wildman–Crippen MR) is 60.0 cm³/mol. The number of fused-ring (bicyclic) bond motifs is 2. The standard InChI is InChI=1S/C14H22/c1-2-3-4-10-9-11-5-6-12(10)14-8-7-13(11)14/h4,11-14H,2-3,5-9H2,1H3/b10-4+. The van der Waals surface area contributed by atoms with Crippen LogP contribution >= 0.6 is 0 Å². The molecule has 4 unspecified atom stereocenters. The van der Waals surface area contributed by atoms with Crippen LogP contribution < -0.4 is 0 Å². The molecule has 0 aromatic carbocycles. The highest BCUT2D eigenvalue weighted by atomic mass is 14.5. The third-order valence-corrected chi connectivity index (χ3v) is 5.02. The summed E-state index contributed by atoms with van der Waals surface area (Å²) >= 11 is 0. The van der Waals surface area contributed by atoms with E-state index >= 15 is 0 Å². The van der Waals surface area contributed by atoms with Crippen LogP contribution in [0.3, 0.4) is 0 Å². The van der Waals surface area contributed by atoms with Crippen molar-refractivity contribution in [2.75, 3.05) is 0 Å². The second-order valence-corrected chi connectivity index (χ2v) is 5.62. The lowest BCUT2D eigenvalue weighted by molar-refractivity contribution is -0.0153. The van der Waals surface area contributed by atoms with Crippen molar-refractivity contribution >= 4 is 0 Å². The zero-order valence-corrected chi connectivity index (χ0v) is 9.34. The zero-order chi connectivity index (χ0) is 9.54. The van der Waals surface area contributed by atoms with Crippen molar-refractivity contribution in [1.82, 2.24) is 0 Å². The maximum absolute atomic E-state index is 2.59. The molecular formula is C14H22. The van der Waals surface area contributed by atoms with Gasteiger partial charge in [0.05, 0.1) is 0 Å². The van der Waals surface area contributed by atoms with Gasteiger partial charge in [0.15, 0.2) is 0 Å². The normalized spacial score (nSPS) is 47.6. The average Bonchev–Trinajstić information content (AvgIpc) is 2.14. The Bertz CT molecular complexity index is 249. The Morgan fingerprint density at radius 1 is 1.14 bits per heavy atom. The van der Waals surface area contributed by atoms with Gasteiger partial charge in [0.1, 0.15) is 0 Å². The minimum atomic E-state index is 1.03. The van der Waals surface area contributed by atoms with Crippen molar-refractivity contribution in [3.8, 4) is 0 Å². The summed E-state index contributed by atoms with van der Waals surface area (Å²) < 4.78 is 0. The fraction of sp³-hybridized carbons (Fsp3) is 0.857. The minimum absolute atomic E-state index is 1.03. The van der Waals surface area contributed by atoms with Gasteiger partial charge in [-0.1, -0.05) is 25.0 Å². The van der Waals surface area contributed by atoms with E-state index in [2.05, 4.69) is 13.0 Å². The smallest absolute Gasteiger partial charge is 0.0172 e. The molecule has 14 heavy (non-hydrogen) atoms. The van der Waals surface area contributed by atoms with Crippen molar-refractivity contribution in [2.45, 2.75) is 51.9 Å². The summed E-state index contributed by atoms with van der Waals surface area (Å²) in [5.74, 6) is 4.42. The Hall–Kier alpha value is -0.260. The summed E-state index contributed by atoms with van der Waals surface area (Å²) in [6.45, 7) is 2.30. The first kappa shape index (κ1) is 9.00. The summed E-state index contributed by atoms with van der Waals surface area (Å²) in [5, 5.41) is 0. The molecule has 4 aliphatic rings. The van der Waals surface area contributed by atoms with Gasteiger partial charge in [-0.25, -0.2) is 0 Å². The van der Waals surface area contributed by atoms with Crippen LogP contribution in [0.2, 0.25) is 0 Å². The van der Waals surface area contributed by atoms with E-state index in [1.54, 1.807) is 19.3 Å². The maximum atomic E-state index is 2.59. The minimum Gasteiger partial charge on any atom is -0.0850 e. The zero-order valence-electron chi connectivity index (χ0n) is 9.34. The predicted octanol–water partition coefficient (Wildman–Crippen LogP) is 4.17. The van der Waals surface area contributed by atoms with E-state index < -0.39 is 0 Å². The van der Waals surface area contributed by atoms with Gasteiger partial charge in [-0.15, -0.1) is 0 Å². The molecule has 0 N–H and O–H groups in total. The summed E-state index contributed by atoms with van der Waals surface area (Å²) in [6, 6.07) is 0. The van der Waals surface area contributed by atoms with Gasteiger partial charge in [-0.3, -0.25) is 0 Å². The summed E-state index contributed by atoms with van der Waals surface area (Å²) in [6.07, 6.45) is 12.9. The highest BCUT2D eigenvalue weighted by molar-refractivity contribution is 5.19. The van der Waals surface area contributed by atoms with Crippen molar-refractivity contribution in [2.24, 2.45) is 23.7 Å². The molecule has 0 spiro atoms. The van der Waals surface area contributed by atoms with Crippen molar-refractivity contribution in [3.05, 3.63) is 11.6 Å². The molecule has 4 atom stereocenters. The third-order valence-electron chi connectivity index (χ3n) is 5.02. The molecule has 0 amide bonds. The van der Waals surface area contributed by atoms with E-state index in [-0.39, 0.29) is 0 Å². The van der Waals surface area contributed by atoms with Gasteiger partial charge in [-0.05, 0) is 62.2 Å². The van der Waals surface area contributed by atoms with Crippen LogP contribution in [0.4, 0.5) is 0 Å². The average molecular weight is 190 g/mol. The van der Waals surface area contributed by atoms with Crippen molar-refractivity contribution in [3.63, 3.8) is 0 Å². The SMILES string of the molecule is CCC/C=C1\CC2CCC1C1CCC21. The lowest BCUT2D eigenvalue weighted by Gasteiger charge is -2.56. The second-order valence-electron chi connectivity index (χ2n) is 5.62. The Morgan fingerprint density at radius 3 is 2.64 bits per heavy atom. The van der Waals surface area contributed by atoms with Crippen LogP contribution in [-0.2, 0) is 0 Å². The van der Waals surface area contributed by atoms with Crippen LogP contribution in [0, 0.1) is 23.7 Å². The maximum Gasteiger partial charge on any atom is -0.0172 e. The Kier molecular flexibility index (Phi) is 2.18. The third kappa shape index (κ3) is 1.19. The molecule has 0 radical (unpaired) electrons. The van der Waals surface area contributed by atoms with Crippen LogP contribution in [0.15, 0.2) is 11.6 Å². The lowest BCUT2D eigenvalue weighted by atomic mass is 9.49. The van der Waals surface area contributed by atoms with Gasteiger partial charge >= 0.3 is 0 Å². The molecule has 0 aromatic rings. The molecule has 4 saturated carbocycles. The largest absolute Gasteiger partial charge is 0.0850 e. The molecule has 4 fully saturated rings. The van der Waals surface area contributed by atoms with Crippen LogP contribution in [0.5, 0.6) is 0 Å². The summed E-state index contributed by atoms with van der Waals surface area (Å²) in [4.78, 5) is 0. The van der Waals surface area contributed by atoms with Gasteiger partial charge in [-0.2, -0.15) is 0 Å². The molecule has 0 nitrogen and oxygen atoms in total. The Morgan fingerprint density at radius 2 is 2.00 bits per heavy atom. The molecule has 4 aliphatic carbocycles. The number of unbranched alkanes of at least 4 members (excludes halogenated alkanes) is 1. The number of rotatable bonds is 2. The van der Waals surface area contributed by atoms with Gasteiger partial charge < -0.3 is 0 Å². The topological polar surface area (TPSA) is 0 Å². The fourth-order valence-electron chi connectivity index (χ4n) is 4.19. The molecule has 78 valence electrons. The molecule has 0 heteroatoms. The number of hydrogen-bond donors (Lipinski definition) is 0. The van der Waals surface area contributed by atoms with E-state index in [0.717, 1.165) is 23.7 Å². The van der Waals surface area contributed by atoms with Crippen LogP contribution in [-0.4, -0.2) is 0 Å². The number of allylic oxidation sites excluding steroid dienone is 2. The van der Waals surface area contributed by atoms with Crippen molar-refractivity contribution in [1.29, 1.82) is 0 Å². The first-order chi connectivity index (χ1) is 6.90. The van der Waals surface area contributed by atoms with Gasteiger partial charge in [0.2, 0.25) is 0 Å². The number of hydrogen-bond acceptors (Lipinski definition) is 0. The van der Waals surface area contributed by atoms with E-state index in [4.69, 9.17) is 0 Å².